The molecule has 3 aliphatic carbocycles. The van der Waals surface area contributed by atoms with Crippen LogP contribution in [-0.4, -0.2) is 29.3 Å². The molecule has 1 atom stereocenters. The van der Waals surface area contributed by atoms with Crippen LogP contribution < -0.4 is 5.11 Å². The zero-order valence-electron chi connectivity index (χ0n) is 18.6. The van der Waals surface area contributed by atoms with E-state index in [0.717, 1.165) is 25.9 Å². The fourth-order valence-electron chi connectivity index (χ4n) is 3.93. The molecular weight excluding hydrogens is 404 g/mol. The van der Waals surface area contributed by atoms with E-state index < -0.39 is 11.9 Å². The molecule has 2 N–H and O–H groups in total. The van der Waals surface area contributed by atoms with Crippen LogP contribution >= 0.6 is 0 Å². The Bertz CT molecular complexity index is 503. The molecule has 0 aromatic carbocycles. The van der Waals surface area contributed by atoms with Gasteiger partial charge in [-0.15, -0.1) is 12.0 Å². The maximum Gasteiger partial charge on any atom is 2.00 e. The molecule has 3 rings (SSSR count). The Hall–Kier alpha value is -1.04. The molecule has 0 amide bonds. The SMILES string of the molecule is CC1C2=C(CCC[CH-]2)C2=C1CCCC2.CCCC(=O)O.CCCC(=O)O.C[O-].[Ti+2]. The van der Waals surface area contributed by atoms with Crippen molar-refractivity contribution in [3.05, 3.63) is 28.7 Å². The summed E-state index contributed by atoms with van der Waals surface area (Å²) in [5.41, 5.74) is 7.07. The van der Waals surface area contributed by atoms with E-state index in [1.807, 2.05) is 13.8 Å². The fourth-order valence-corrected chi connectivity index (χ4v) is 3.93. The largest absolute Gasteiger partial charge is 2.00 e. The van der Waals surface area contributed by atoms with Gasteiger partial charge in [0.1, 0.15) is 0 Å². The molecule has 0 bridgehead atoms. The molecular formula is C23H38O5Ti. The first kappa shape index (κ1) is 30.2. The molecule has 0 heterocycles. The molecule has 0 fully saturated rings. The first-order valence-electron chi connectivity index (χ1n) is 10.5. The smallest absolute Gasteiger partial charge is 0.857 e. The number of aliphatic carboxylic acids is 2. The van der Waals surface area contributed by atoms with Crippen LogP contribution in [0.4, 0.5) is 0 Å². The summed E-state index contributed by atoms with van der Waals surface area (Å²) in [6.07, 6.45) is 14.3. The molecule has 0 aromatic rings. The average Bonchev–Trinajstić information content (AvgIpc) is 2.98. The van der Waals surface area contributed by atoms with E-state index >= 15 is 0 Å². The quantitative estimate of drug-likeness (QED) is 0.476. The third-order valence-electron chi connectivity index (χ3n) is 5.14. The molecule has 29 heavy (non-hydrogen) atoms. The zero-order valence-corrected chi connectivity index (χ0v) is 20.1. The first-order valence-corrected chi connectivity index (χ1v) is 10.5. The third kappa shape index (κ3) is 11.1. The molecule has 1 unspecified atom stereocenters. The Labute approximate surface area is 191 Å². The number of hydrogen-bond donors (Lipinski definition) is 2. The van der Waals surface area contributed by atoms with Crippen molar-refractivity contribution in [3.8, 4) is 0 Å². The topological polar surface area (TPSA) is 97.7 Å². The molecule has 3 aliphatic rings. The summed E-state index contributed by atoms with van der Waals surface area (Å²) in [6, 6.07) is 0. The Balaban J connectivity index is 0. The molecule has 6 heteroatoms. The maximum atomic E-state index is 9.60. The predicted octanol–water partition coefficient (Wildman–Crippen LogP) is 4.91. The van der Waals surface area contributed by atoms with Crippen LogP contribution in [0.2, 0.25) is 0 Å². The van der Waals surface area contributed by atoms with Gasteiger partial charge >= 0.3 is 33.7 Å². The van der Waals surface area contributed by atoms with Crippen LogP contribution in [0.3, 0.4) is 0 Å². The van der Waals surface area contributed by atoms with E-state index in [2.05, 4.69) is 13.3 Å². The van der Waals surface area contributed by atoms with Crippen LogP contribution in [0.1, 0.15) is 91.4 Å². The van der Waals surface area contributed by atoms with Gasteiger partial charge in [0.05, 0.1) is 0 Å². The predicted molar refractivity (Wildman–Crippen MR) is 111 cm³/mol. The monoisotopic (exact) mass is 442 g/mol. The fraction of sp³-hybridized carbons (Fsp3) is 0.696. The van der Waals surface area contributed by atoms with E-state index in [9.17, 15) is 9.59 Å². The van der Waals surface area contributed by atoms with E-state index in [4.69, 9.17) is 15.3 Å². The third-order valence-corrected chi connectivity index (χ3v) is 5.14. The second-order valence-corrected chi connectivity index (χ2v) is 7.25. The van der Waals surface area contributed by atoms with Gasteiger partial charge in [-0.3, -0.25) is 9.59 Å². The van der Waals surface area contributed by atoms with Gasteiger partial charge in [-0.25, -0.2) is 12.0 Å². The van der Waals surface area contributed by atoms with Crippen LogP contribution in [0.15, 0.2) is 22.3 Å². The van der Waals surface area contributed by atoms with Crippen LogP contribution in [0.5, 0.6) is 0 Å². The Kier molecular flexibility index (Phi) is 18.5. The van der Waals surface area contributed by atoms with Gasteiger partial charge in [0.25, 0.3) is 0 Å². The minimum Gasteiger partial charge on any atom is -0.857 e. The van der Waals surface area contributed by atoms with Gasteiger partial charge in [-0.05, 0) is 38.0 Å². The Morgan fingerprint density at radius 1 is 0.931 bits per heavy atom. The van der Waals surface area contributed by atoms with Crippen molar-refractivity contribution in [1.82, 2.24) is 0 Å². The minimum atomic E-state index is -0.711. The van der Waals surface area contributed by atoms with E-state index in [1.165, 1.54) is 44.9 Å². The Morgan fingerprint density at radius 3 is 1.86 bits per heavy atom. The molecule has 0 aliphatic heterocycles. The maximum absolute atomic E-state index is 9.60. The number of fused-ring (bicyclic) bond motifs is 1. The second kappa shape index (κ2) is 17.8. The van der Waals surface area contributed by atoms with Crippen molar-refractivity contribution < 1.29 is 46.6 Å². The van der Waals surface area contributed by atoms with Gasteiger partial charge in [0.15, 0.2) is 0 Å². The molecule has 0 aromatic heterocycles. The van der Waals surface area contributed by atoms with Gasteiger partial charge in [-0.2, -0.15) is 12.7 Å². The van der Waals surface area contributed by atoms with Crippen molar-refractivity contribution >= 4 is 11.9 Å². The molecule has 0 radical (unpaired) electrons. The van der Waals surface area contributed by atoms with E-state index in [-0.39, 0.29) is 21.7 Å². The van der Waals surface area contributed by atoms with Gasteiger partial charge in [0, 0.05) is 12.8 Å². The Morgan fingerprint density at radius 2 is 1.41 bits per heavy atom. The minimum absolute atomic E-state index is 0. The van der Waals surface area contributed by atoms with Crippen molar-refractivity contribution in [1.29, 1.82) is 0 Å². The van der Waals surface area contributed by atoms with Gasteiger partial charge < -0.3 is 15.3 Å². The van der Waals surface area contributed by atoms with Crippen LogP contribution in [0, 0.1) is 12.3 Å². The van der Waals surface area contributed by atoms with E-state index in [0.29, 0.717) is 12.8 Å². The molecule has 0 spiro atoms. The van der Waals surface area contributed by atoms with Crippen molar-refractivity contribution in [2.45, 2.75) is 91.4 Å². The summed E-state index contributed by atoms with van der Waals surface area (Å²) in [4.78, 5) is 19.2. The second-order valence-electron chi connectivity index (χ2n) is 7.25. The van der Waals surface area contributed by atoms with Gasteiger partial charge in [-0.1, -0.05) is 45.6 Å². The van der Waals surface area contributed by atoms with Crippen molar-refractivity contribution in [2.75, 3.05) is 7.11 Å². The summed E-state index contributed by atoms with van der Waals surface area (Å²) < 4.78 is 0. The number of allylic oxidation sites excluding steroid dienone is 4. The number of carbonyl (C=O) groups is 2. The normalized spacial score (nSPS) is 18.7. The van der Waals surface area contributed by atoms with Crippen molar-refractivity contribution in [2.24, 2.45) is 5.92 Å². The summed E-state index contributed by atoms with van der Waals surface area (Å²) >= 11 is 0. The molecule has 164 valence electrons. The summed E-state index contributed by atoms with van der Waals surface area (Å²) in [5.74, 6) is -0.643. The van der Waals surface area contributed by atoms with Crippen LogP contribution in [0.25, 0.3) is 0 Å². The summed E-state index contributed by atoms with van der Waals surface area (Å²) in [7, 11) is 0.750. The zero-order chi connectivity index (χ0) is 21.5. The molecule has 0 saturated heterocycles. The van der Waals surface area contributed by atoms with E-state index in [1.54, 1.807) is 22.3 Å². The first-order chi connectivity index (χ1) is 13.4. The summed E-state index contributed by atoms with van der Waals surface area (Å²) in [5, 5.41) is 24.1. The van der Waals surface area contributed by atoms with Gasteiger partial charge in [0.2, 0.25) is 0 Å². The van der Waals surface area contributed by atoms with Crippen LogP contribution in [-0.2, 0) is 31.3 Å². The standard InChI is InChI=1S/C14H19.2C4H8O2.CH3O.Ti/c1-10-11-6-2-4-8-13(11)14-9-5-3-7-12(10)14;2*1-2-3-4(5)6;1-2;/h6,10H,2-5,7-9H2,1H3;2*2-3H2,1H3,(H,5,6);1H3;/q-1;;;-1;+2. The number of hydrogen-bond acceptors (Lipinski definition) is 3. The molecule has 5 nitrogen and oxygen atoms in total. The number of rotatable bonds is 4. The average molecular weight is 442 g/mol. The van der Waals surface area contributed by atoms with Crippen molar-refractivity contribution in [3.63, 3.8) is 0 Å². The molecule has 0 saturated carbocycles. The number of carboxylic acids is 2. The summed E-state index contributed by atoms with van der Waals surface area (Å²) in [6.45, 7) is 6.10. The number of carboxylic acid groups (broad SMARTS) is 2.